The lowest BCUT2D eigenvalue weighted by molar-refractivity contribution is 0.145. The number of ether oxygens (including phenoxy) is 1. The molecule has 1 aromatic rings. The molecule has 1 fully saturated rings. The molecule has 106 valence electrons. The smallest absolute Gasteiger partial charge is 0.137 e. The van der Waals surface area contributed by atoms with Gasteiger partial charge in [-0.1, -0.05) is 33.1 Å². The number of hydrogen-bond acceptors (Lipinski definition) is 3. The van der Waals surface area contributed by atoms with Crippen molar-refractivity contribution in [3.05, 3.63) is 24.0 Å². The molecule has 1 aliphatic carbocycles. The van der Waals surface area contributed by atoms with Crippen LogP contribution in [0.3, 0.4) is 0 Å². The van der Waals surface area contributed by atoms with E-state index in [0.717, 1.165) is 12.3 Å². The average molecular weight is 262 g/mol. The van der Waals surface area contributed by atoms with Crippen molar-refractivity contribution in [2.24, 2.45) is 5.41 Å². The van der Waals surface area contributed by atoms with Gasteiger partial charge in [-0.15, -0.1) is 0 Å². The first-order valence-corrected chi connectivity index (χ1v) is 7.42. The Morgan fingerprint density at radius 2 is 2.05 bits per heavy atom. The zero-order chi connectivity index (χ0) is 13.7. The van der Waals surface area contributed by atoms with Gasteiger partial charge in [0.05, 0.1) is 13.3 Å². The van der Waals surface area contributed by atoms with Gasteiger partial charge in [0.1, 0.15) is 5.75 Å². The molecule has 0 aromatic carbocycles. The van der Waals surface area contributed by atoms with Gasteiger partial charge in [0, 0.05) is 12.2 Å². The fourth-order valence-corrected chi connectivity index (χ4v) is 3.32. The van der Waals surface area contributed by atoms with Crippen molar-refractivity contribution >= 4 is 0 Å². The molecule has 1 heterocycles. The highest BCUT2D eigenvalue weighted by Crippen LogP contribution is 2.45. The number of nitrogens with one attached hydrogen (secondary N) is 1. The van der Waals surface area contributed by atoms with E-state index in [2.05, 4.69) is 30.2 Å². The highest BCUT2D eigenvalue weighted by atomic mass is 16.5. The standard InChI is InChI=1S/C16H26N2O/c1-4-18-15(16(2)8-6-5-7-9-16)13-10-14(19-3)12-17-11-13/h10-12,15,18H,4-9H2,1-3H3. The van der Waals surface area contributed by atoms with E-state index in [-0.39, 0.29) is 0 Å². The molecule has 1 N–H and O–H groups in total. The average Bonchev–Trinajstić information content (AvgIpc) is 2.45. The van der Waals surface area contributed by atoms with Crippen LogP contribution >= 0.6 is 0 Å². The predicted octanol–water partition coefficient (Wildman–Crippen LogP) is 3.71. The molecule has 0 spiro atoms. The second kappa shape index (κ2) is 6.38. The van der Waals surface area contributed by atoms with Gasteiger partial charge in [-0.2, -0.15) is 0 Å². The maximum atomic E-state index is 5.31. The molecule has 0 aliphatic heterocycles. The zero-order valence-corrected chi connectivity index (χ0v) is 12.4. The van der Waals surface area contributed by atoms with Crippen LogP contribution in [0.5, 0.6) is 5.75 Å². The molecule has 1 aliphatic rings. The number of aromatic nitrogens is 1. The molecule has 3 nitrogen and oxygen atoms in total. The molecule has 0 saturated heterocycles. The van der Waals surface area contributed by atoms with Gasteiger partial charge in [-0.25, -0.2) is 0 Å². The fourth-order valence-electron chi connectivity index (χ4n) is 3.32. The first-order chi connectivity index (χ1) is 9.19. The van der Waals surface area contributed by atoms with Crippen molar-refractivity contribution in [3.63, 3.8) is 0 Å². The van der Waals surface area contributed by atoms with Crippen LogP contribution in [0.4, 0.5) is 0 Å². The molecule has 3 heteroatoms. The zero-order valence-electron chi connectivity index (χ0n) is 12.4. The molecule has 1 atom stereocenters. The lowest BCUT2D eigenvalue weighted by Gasteiger charge is -2.41. The summed E-state index contributed by atoms with van der Waals surface area (Å²) in [7, 11) is 1.70. The number of rotatable bonds is 5. The lowest BCUT2D eigenvalue weighted by atomic mass is 9.69. The largest absolute Gasteiger partial charge is 0.495 e. The van der Waals surface area contributed by atoms with Crippen LogP contribution in [-0.4, -0.2) is 18.6 Å². The maximum Gasteiger partial charge on any atom is 0.137 e. The third-order valence-electron chi connectivity index (χ3n) is 4.40. The molecular weight excluding hydrogens is 236 g/mol. The van der Waals surface area contributed by atoms with Gasteiger partial charge in [0.2, 0.25) is 0 Å². The van der Waals surface area contributed by atoms with Crippen LogP contribution in [-0.2, 0) is 0 Å². The van der Waals surface area contributed by atoms with Crippen molar-refractivity contribution < 1.29 is 4.74 Å². The van der Waals surface area contributed by atoms with E-state index >= 15 is 0 Å². The van der Waals surface area contributed by atoms with Crippen LogP contribution in [0.1, 0.15) is 57.6 Å². The third kappa shape index (κ3) is 3.27. The van der Waals surface area contributed by atoms with Gasteiger partial charge in [0.25, 0.3) is 0 Å². The van der Waals surface area contributed by atoms with Crippen molar-refractivity contribution in [2.75, 3.05) is 13.7 Å². The fraction of sp³-hybridized carbons (Fsp3) is 0.688. The SMILES string of the molecule is CCNC(c1cncc(OC)c1)C1(C)CCCCC1. The Kier molecular flexibility index (Phi) is 4.81. The van der Waals surface area contributed by atoms with E-state index in [1.165, 1.54) is 37.7 Å². The Bertz CT molecular complexity index is 399. The Labute approximate surface area is 116 Å². The molecule has 1 saturated carbocycles. The van der Waals surface area contributed by atoms with Gasteiger partial charge >= 0.3 is 0 Å². The summed E-state index contributed by atoms with van der Waals surface area (Å²) in [6.45, 7) is 5.57. The monoisotopic (exact) mass is 262 g/mol. The van der Waals surface area contributed by atoms with Crippen LogP contribution in [0.15, 0.2) is 18.5 Å². The highest BCUT2D eigenvalue weighted by Gasteiger charge is 2.36. The molecule has 19 heavy (non-hydrogen) atoms. The van der Waals surface area contributed by atoms with E-state index in [0.29, 0.717) is 11.5 Å². The highest BCUT2D eigenvalue weighted by molar-refractivity contribution is 5.27. The Morgan fingerprint density at radius 1 is 1.32 bits per heavy atom. The number of pyridine rings is 1. The van der Waals surface area contributed by atoms with Crippen molar-refractivity contribution in [1.29, 1.82) is 0 Å². The second-order valence-corrected chi connectivity index (χ2v) is 5.86. The van der Waals surface area contributed by atoms with Crippen LogP contribution in [0, 0.1) is 5.41 Å². The van der Waals surface area contributed by atoms with Gasteiger partial charge in [-0.3, -0.25) is 4.98 Å². The Morgan fingerprint density at radius 3 is 2.68 bits per heavy atom. The van der Waals surface area contributed by atoms with Crippen molar-refractivity contribution in [1.82, 2.24) is 10.3 Å². The molecular formula is C16H26N2O. The normalized spacial score (nSPS) is 19.9. The van der Waals surface area contributed by atoms with E-state index < -0.39 is 0 Å². The predicted molar refractivity (Wildman–Crippen MR) is 78.4 cm³/mol. The third-order valence-corrected chi connectivity index (χ3v) is 4.40. The summed E-state index contributed by atoms with van der Waals surface area (Å²) >= 11 is 0. The second-order valence-electron chi connectivity index (χ2n) is 5.86. The molecule has 0 radical (unpaired) electrons. The molecule has 0 amide bonds. The summed E-state index contributed by atoms with van der Waals surface area (Å²) in [5.74, 6) is 0.847. The number of hydrogen-bond donors (Lipinski definition) is 1. The van der Waals surface area contributed by atoms with Crippen molar-refractivity contribution in [2.45, 2.75) is 52.0 Å². The van der Waals surface area contributed by atoms with E-state index in [9.17, 15) is 0 Å². The summed E-state index contributed by atoms with van der Waals surface area (Å²) in [5, 5.41) is 3.66. The summed E-state index contributed by atoms with van der Waals surface area (Å²) in [6, 6.07) is 2.50. The van der Waals surface area contributed by atoms with Crippen LogP contribution in [0.2, 0.25) is 0 Å². The minimum Gasteiger partial charge on any atom is -0.495 e. The van der Waals surface area contributed by atoms with Crippen LogP contribution < -0.4 is 10.1 Å². The Balaban J connectivity index is 2.27. The Hall–Kier alpha value is -1.09. The minimum absolute atomic E-state index is 0.336. The first kappa shape index (κ1) is 14.3. The maximum absolute atomic E-state index is 5.31. The van der Waals surface area contributed by atoms with Crippen LogP contribution in [0.25, 0.3) is 0 Å². The van der Waals surface area contributed by atoms with Crippen molar-refractivity contribution in [3.8, 4) is 5.75 Å². The molecule has 0 bridgehead atoms. The summed E-state index contributed by atoms with van der Waals surface area (Å²) in [4.78, 5) is 4.32. The molecule has 1 unspecified atom stereocenters. The van der Waals surface area contributed by atoms with E-state index in [1.807, 2.05) is 6.20 Å². The van der Waals surface area contributed by atoms with E-state index in [1.54, 1.807) is 13.3 Å². The molecule has 2 rings (SSSR count). The lowest BCUT2D eigenvalue weighted by Crippen LogP contribution is -2.37. The minimum atomic E-state index is 0.336. The summed E-state index contributed by atoms with van der Waals surface area (Å²) in [5.41, 5.74) is 1.59. The topological polar surface area (TPSA) is 34.2 Å². The van der Waals surface area contributed by atoms with Gasteiger partial charge in [0.15, 0.2) is 0 Å². The van der Waals surface area contributed by atoms with Gasteiger partial charge in [-0.05, 0) is 36.4 Å². The molecule has 1 aromatic heterocycles. The summed E-state index contributed by atoms with van der Waals surface area (Å²) in [6.07, 6.45) is 10.4. The van der Waals surface area contributed by atoms with Gasteiger partial charge < -0.3 is 10.1 Å². The summed E-state index contributed by atoms with van der Waals surface area (Å²) < 4.78 is 5.31. The van der Waals surface area contributed by atoms with E-state index in [4.69, 9.17) is 4.74 Å². The quantitative estimate of drug-likeness (QED) is 0.878. The number of nitrogens with zero attached hydrogens (tertiary/aromatic N) is 1. The first-order valence-electron chi connectivity index (χ1n) is 7.42. The number of methoxy groups -OCH3 is 1.